The lowest BCUT2D eigenvalue weighted by Crippen LogP contribution is -2.18. The summed E-state index contributed by atoms with van der Waals surface area (Å²) in [5.74, 6) is -0.432. The van der Waals surface area contributed by atoms with Crippen LogP contribution in [-0.2, 0) is 9.53 Å². The summed E-state index contributed by atoms with van der Waals surface area (Å²) in [5, 5.41) is 9.20. The molecular formula is C15H11BrCl2N2O2S. The van der Waals surface area contributed by atoms with E-state index >= 15 is 0 Å². The van der Waals surface area contributed by atoms with Crippen molar-refractivity contribution in [1.29, 1.82) is 0 Å². The van der Waals surface area contributed by atoms with Crippen molar-refractivity contribution in [3.8, 4) is 0 Å². The minimum Gasteiger partial charge on any atom is -0.464 e. The van der Waals surface area contributed by atoms with Gasteiger partial charge in [-0.3, -0.25) is 5.01 Å². The van der Waals surface area contributed by atoms with E-state index in [2.05, 4.69) is 21.0 Å². The van der Waals surface area contributed by atoms with E-state index in [4.69, 9.17) is 27.9 Å². The fraction of sp³-hybridized carbons (Fsp3) is 0.200. The third kappa shape index (κ3) is 3.40. The van der Waals surface area contributed by atoms with Gasteiger partial charge in [-0.1, -0.05) is 23.2 Å². The predicted octanol–water partition coefficient (Wildman–Crippen LogP) is 5.30. The van der Waals surface area contributed by atoms with Gasteiger partial charge in [0.2, 0.25) is 0 Å². The van der Waals surface area contributed by atoms with Crippen LogP contribution < -0.4 is 5.01 Å². The maximum absolute atomic E-state index is 11.9. The van der Waals surface area contributed by atoms with Gasteiger partial charge in [0.1, 0.15) is 5.71 Å². The van der Waals surface area contributed by atoms with Gasteiger partial charge in [-0.05, 0) is 40.2 Å². The highest BCUT2D eigenvalue weighted by atomic mass is 79.9. The van der Waals surface area contributed by atoms with Crippen molar-refractivity contribution in [2.45, 2.75) is 12.5 Å². The summed E-state index contributed by atoms with van der Waals surface area (Å²) in [5.41, 5.74) is 1.07. The molecule has 0 radical (unpaired) electrons. The molecule has 1 aromatic carbocycles. The second kappa shape index (κ2) is 6.81. The van der Waals surface area contributed by atoms with Gasteiger partial charge in [0.05, 0.1) is 23.9 Å². The maximum atomic E-state index is 11.9. The molecule has 1 aliphatic heterocycles. The largest absolute Gasteiger partial charge is 0.464 e. The molecule has 8 heteroatoms. The number of methoxy groups -OCH3 is 1. The Morgan fingerprint density at radius 1 is 1.43 bits per heavy atom. The highest BCUT2D eigenvalue weighted by molar-refractivity contribution is 9.10. The Bertz CT molecular complexity index is 794. The number of carbonyl (C=O) groups is 1. The fourth-order valence-electron chi connectivity index (χ4n) is 2.37. The Balaban J connectivity index is 2.03. The van der Waals surface area contributed by atoms with Crippen molar-refractivity contribution < 1.29 is 9.53 Å². The average Bonchev–Trinajstić information content (AvgIpc) is 3.12. The highest BCUT2D eigenvalue weighted by Crippen LogP contribution is 2.42. The van der Waals surface area contributed by atoms with E-state index in [0.717, 1.165) is 9.35 Å². The quantitative estimate of drug-likeness (QED) is 0.617. The van der Waals surface area contributed by atoms with Gasteiger partial charge in [-0.25, -0.2) is 4.79 Å². The zero-order chi connectivity index (χ0) is 16.6. The van der Waals surface area contributed by atoms with E-state index in [1.54, 1.807) is 34.5 Å². The van der Waals surface area contributed by atoms with Crippen molar-refractivity contribution in [2.75, 3.05) is 12.1 Å². The summed E-state index contributed by atoms with van der Waals surface area (Å²) < 4.78 is 5.79. The molecule has 0 saturated carbocycles. The summed E-state index contributed by atoms with van der Waals surface area (Å²) in [4.78, 5) is 12.9. The molecule has 4 nitrogen and oxygen atoms in total. The van der Waals surface area contributed by atoms with Gasteiger partial charge in [0, 0.05) is 26.2 Å². The zero-order valence-electron chi connectivity index (χ0n) is 11.9. The monoisotopic (exact) mass is 432 g/mol. The van der Waals surface area contributed by atoms with Crippen LogP contribution in [0, 0.1) is 0 Å². The molecule has 1 unspecified atom stereocenters. The molecule has 2 heterocycles. The van der Waals surface area contributed by atoms with Gasteiger partial charge in [-0.15, -0.1) is 11.3 Å². The third-order valence-corrected chi connectivity index (χ3v) is 5.74. The molecule has 120 valence electrons. The topological polar surface area (TPSA) is 41.9 Å². The number of anilines is 1. The number of hydrogen-bond acceptors (Lipinski definition) is 5. The van der Waals surface area contributed by atoms with Crippen molar-refractivity contribution >= 4 is 67.8 Å². The second-order valence-electron chi connectivity index (χ2n) is 4.87. The molecule has 1 atom stereocenters. The molecule has 0 saturated heterocycles. The minimum atomic E-state index is -0.432. The Morgan fingerprint density at radius 3 is 2.83 bits per heavy atom. The Hall–Kier alpha value is -1.08. The second-order valence-corrected chi connectivity index (χ2v) is 7.57. The zero-order valence-corrected chi connectivity index (χ0v) is 15.8. The number of esters is 1. The van der Waals surface area contributed by atoms with Crippen LogP contribution in [0.2, 0.25) is 10.0 Å². The van der Waals surface area contributed by atoms with E-state index in [-0.39, 0.29) is 6.04 Å². The van der Waals surface area contributed by atoms with Crippen LogP contribution in [0.25, 0.3) is 0 Å². The van der Waals surface area contributed by atoms with Crippen molar-refractivity contribution in [1.82, 2.24) is 0 Å². The number of carbonyl (C=O) groups excluding carboxylic acids is 1. The van der Waals surface area contributed by atoms with Crippen LogP contribution in [-0.4, -0.2) is 18.8 Å². The molecule has 0 aliphatic carbocycles. The first kappa shape index (κ1) is 16.8. The summed E-state index contributed by atoms with van der Waals surface area (Å²) in [6.07, 6.45) is 0.457. The van der Waals surface area contributed by atoms with Crippen molar-refractivity contribution in [3.63, 3.8) is 0 Å². The van der Waals surface area contributed by atoms with Crippen LogP contribution in [0.5, 0.6) is 0 Å². The van der Waals surface area contributed by atoms with Gasteiger partial charge >= 0.3 is 5.97 Å². The average molecular weight is 434 g/mol. The Labute approximate surface area is 155 Å². The summed E-state index contributed by atoms with van der Waals surface area (Å²) in [6.45, 7) is 0. The van der Waals surface area contributed by atoms with Crippen molar-refractivity contribution in [3.05, 3.63) is 49.0 Å². The summed E-state index contributed by atoms with van der Waals surface area (Å²) >= 11 is 17.3. The third-order valence-electron chi connectivity index (χ3n) is 3.40. The molecule has 0 bridgehead atoms. The normalized spacial score (nSPS) is 17.3. The maximum Gasteiger partial charge on any atom is 0.354 e. The fourth-order valence-corrected chi connectivity index (χ4v) is 4.39. The van der Waals surface area contributed by atoms with Gasteiger partial charge in [0.25, 0.3) is 0 Å². The Kier molecular flexibility index (Phi) is 4.96. The number of benzene rings is 1. The first-order valence-electron chi connectivity index (χ1n) is 6.63. The molecule has 0 N–H and O–H groups in total. The number of thiophene rings is 1. The van der Waals surface area contributed by atoms with E-state index in [1.807, 2.05) is 11.4 Å². The molecule has 0 spiro atoms. The van der Waals surface area contributed by atoms with E-state index in [0.29, 0.717) is 27.9 Å². The SMILES string of the molecule is COC(=O)C1=NN(c2ccc(Cl)cc2Cl)C(c2cc(Br)cs2)C1. The molecule has 3 rings (SSSR count). The smallest absolute Gasteiger partial charge is 0.354 e. The van der Waals surface area contributed by atoms with Gasteiger partial charge < -0.3 is 4.74 Å². The lowest BCUT2D eigenvalue weighted by atomic mass is 10.1. The van der Waals surface area contributed by atoms with E-state index < -0.39 is 5.97 Å². The van der Waals surface area contributed by atoms with Crippen LogP contribution in [0.15, 0.2) is 39.2 Å². The summed E-state index contributed by atoms with van der Waals surface area (Å²) in [7, 11) is 1.35. The van der Waals surface area contributed by atoms with Crippen molar-refractivity contribution in [2.24, 2.45) is 5.10 Å². The number of ether oxygens (including phenoxy) is 1. The van der Waals surface area contributed by atoms with Crippen LogP contribution >= 0.6 is 50.5 Å². The van der Waals surface area contributed by atoms with Gasteiger partial charge in [0.15, 0.2) is 0 Å². The van der Waals surface area contributed by atoms with Crippen LogP contribution in [0.4, 0.5) is 5.69 Å². The molecule has 0 amide bonds. The van der Waals surface area contributed by atoms with E-state index in [9.17, 15) is 4.79 Å². The minimum absolute atomic E-state index is 0.112. The standard InChI is InChI=1S/C15H11BrCl2N2O2S/c1-22-15(21)11-6-13(14-4-8(16)7-23-14)20(19-11)12-3-2-9(17)5-10(12)18/h2-5,7,13H,6H2,1H3. The number of hydrogen-bond donors (Lipinski definition) is 0. The summed E-state index contributed by atoms with van der Waals surface area (Å²) in [6, 6.07) is 7.10. The Morgan fingerprint density at radius 2 is 2.22 bits per heavy atom. The number of hydrazone groups is 1. The molecule has 1 aliphatic rings. The lowest BCUT2D eigenvalue weighted by molar-refractivity contribution is -0.132. The number of halogens is 3. The molecule has 23 heavy (non-hydrogen) atoms. The predicted molar refractivity (Wildman–Crippen MR) is 97.8 cm³/mol. The lowest BCUT2D eigenvalue weighted by Gasteiger charge is -2.23. The number of nitrogens with zero attached hydrogens (tertiary/aromatic N) is 2. The van der Waals surface area contributed by atoms with Crippen LogP contribution in [0.3, 0.4) is 0 Å². The van der Waals surface area contributed by atoms with E-state index in [1.165, 1.54) is 7.11 Å². The highest BCUT2D eigenvalue weighted by Gasteiger charge is 2.34. The number of rotatable bonds is 3. The molecule has 1 aromatic heterocycles. The molecular weight excluding hydrogens is 423 g/mol. The molecule has 2 aromatic rings. The van der Waals surface area contributed by atoms with Gasteiger partial charge in [-0.2, -0.15) is 5.10 Å². The molecule has 0 fully saturated rings. The first-order chi connectivity index (χ1) is 11.0. The first-order valence-corrected chi connectivity index (χ1v) is 9.06. The van der Waals surface area contributed by atoms with Crippen LogP contribution in [0.1, 0.15) is 17.3 Å².